The molecule has 0 fully saturated rings. The molecule has 6 heteroatoms. The van der Waals surface area contributed by atoms with Crippen LogP contribution >= 0.6 is 0 Å². The summed E-state index contributed by atoms with van der Waals surface area (Å²) in [4.78, 5) is 24.1. The number of nitrogens with one attached hydrogen (secondary N) is 2. The fraction of sp³-hybridized carbons (Fsp3) is 0.333. The topological polar surface area (TPSA) is 61.4 Å². The molecule has 0 saturated heterocycles. The summed E-state index contributed by atoms with van der Waals surface area (Å²) >= 11 is 0. The van der Waals surface area contributed by atoms with Gasteiger partial charge in [-0.2, -0.15) is 0 Å². The third-order valence-electron chi connectivity index (χ3n) is 2.35. The number of halogens is 1. The molecule has 98 valence electrons. The first-order valence-corrected chi connectivity index (χ1v) is 5.41. The lowest BCUT2D eigenvalue weighted by Crippen LogP contribution is -2.38. The van der Waals surface area contributed by atoms with E-state index in [9.17, 15) is 14.0 Å². The Bertz CT molecular complexity index is 461. The van der Waals surface area contributed by atoms with Crippen LogP contribution in [-0.4, -0.2) is 37.5 Å². The fourth-order valence-corrected chi connectivity index (χ4v) is 1.21. The van der Waals surface area contributed by atoms with E-state index in [0.29, 0.717) is 5.69 Å². The maximum absolute atomic E-state index is 13.0. The number of anilines is 1. The van der Waals surface area contributed by atoms with Crippen molar-refractivity contribution in [1.82, 2.24) is 10.2 Å². The lowest BCUT2D eigenvalue weighted by molar-refractivity contribution is -0.127. The molecule has 5 nitrogen and oxygen atoms in total. The zero-order chi connectivity index (χ0) is 13.7. The highest BCUT2D eigenvalue weighted by Gasteiger charge is 2.08. The van der Waals surface area contributed by atoms with Gasteiger partial charge in [-0.3, -0.25) is 4.79 Å². The van der Waals surface area contributed by atoms with Crippen LogP contribution < -0.4 is 10.6 Å². The Morgan fingerprint density at radius 3 is 2.61 bits per heavy atom. The molecule has 1 aromatic rings. The summed E-state index contributed by atoms with van der Waals surface area (Å²) in [6.45, 7) is 1.65. The number of rotatable bonds is 3. The van der Waals surface area contributed by atoms with Gasteiger partial charge in [-0.1, -0.05) is 6.07 Å². The molecule has 0 aromatic heterocycles. The largest absolute Gasteiger partial charge is 0.347 e. The summed E-state index contributed by atoms with van der Waals surface area (Å²) in [6.07, 6.45) is 0. The Morgan fingerprint density at radius 1 is 1.33 bits per heavy atom. The van der Waals surface area contributed by atoms with Crippen LogP contribution in [0.4, 0.5) is 14.9 Å². The normalized spacial score (nSPS) is 9.78. The van der Waals surface area contributed by atoms with Gasteiger partial charge in [0.1, 0.15) is 5.82 Å². The van der Waals surface area contributed by atoms with E-state index in [1.165, 1.54) is 17.0 Å². The molecule has 0 aliphatic heterocycles. The lowest BCUT2D eigenvalue weighted by atomic mass is 10.2. The van der Waals surface area contributed by atoms with Crippen LogP contribution in [0.2, 0.25) is 0 Å². The van der Waals surface area contributed by atoms with E-state index in [2.05, 4.69) is 10.6 Å². The van der Waals surface area contributed by atoms with Gasteiger partial charge in [-0.15, -0.1) is 0 Å². The molecule has 0 aliphatic carbocycles. The number of hydrogen-bond donors (Lipinski definition) is 2. The molecule has 0 unspecified atom stereocenters. The Kier molecular flexibility index (Phi) is 4.65. The Labute approximate surface area is 105 Å². The van der Waals surface area contributed by atoms with Crippen molar-refractivity contribution >= 4 is 17.6 Å². The van der Waals surface area contributed by atoms with Gasteiger partial charge >= 0.3 is 6.03 Å². The molecular formula is C12H16FN3O2. The predicted molar refractivity (Wildman–Crippen MR) is 66.9 cm³/mol. The second-order valence-electron chi connectivity index (χ2n) is 4.06. The average Bonchev–Trinajstić information content (AvgIpc) is 2.30. The summed E-state index contributed by atoms with van der Waals surface area (Å²) in [5.74, 6) is -0.651. The van der Waals surface area contributed by atoms with Crippen molar-refractivity contribution in [3.63, 3.8) is 0 Å². The van der Waals surface area contributed by atoms with Gasteiger partial charge in [0.15, 0.2) is 0 Å². The van der Waals surface area contributed by atoms with Gasteiger partial charge in [0.2, 0.25) is 5.91 Å². The maximum atomic E-state index is 13.0. The highest BCUT2D eigenvalue weighted by atomic mass is 19.1. The zero-order valence-electron chi connectivity index (χ0n) is 10.6. The summed E-state index contributed by atoms with van der Waals surface area (Å²) in [5, 5.41) is 4.88. The number of amides is 3. The summed E-state index contributed by atoms with van der Waals surface area (Å²) < 4.78 is 13.0. The molecule has 3 amide bonds. The second kappa shape index (κ2) is 6.00. The van der Waals surface area contributed by atoms with Gasteiger partial charge in [0, 0.05) is 19.8 Å². The highest BCUT2D eigenvalue weighted by molar-refractivity contribution is 5.92. The minimum atomic E-state index is -0.543. The smallest absolute Gasteiger partial charge is 0.319 e. The maximum Gasteiger partial charge on any atom is 0.319 e. The molecular weight excluding hydrogens is 237 g/mol. The summed E-state index contributed by atoms with van der Waals surface area (Å²) in [6, 6.07) is 3.56. The van der Waals surface area contributed by atoms with Crippen molar-refractivity contribution in [3.05, 3.63) is 29.6 Å². The van der Waals surface area contributed by atoms with Crippen LogP contribution in [-0.2, 0) is 4.79 Å². The van der Waals surface area contributed by atoms with Crippen molar-refractivity contribution in [3.8, 4) is 0 Å². The number of carbonyl (C=O) groups excluding carboxylic acids is 2. The van der Waals surface area contributed by atoms with Gasteiger partial charge in [0.05, 0.1) is 6.54 Å². The molecule has 2 N–H and O–H groups in total. The van der Waals surface area contributed by atoms with E-state index >= 15 is 0 Å². The van der Waals surface area contributed by atoms with Crippen LogP contribution in [0.1, 0.15) is 5.56 Å². The first-order chi connectivity index (χ1) is 8.40. The molecule has 18 heavy (non-hydrogen) atoms. The fourth-order valence-electron chi connectivity index (χ4n) is 1.21. The zero-order valence-corrected chi connectivity index (χ0v) is 10.6. The number of benzene rings is 1. The number of carbonyl (C=O) groups is 2. The van der Waals surface area contributed by atoms with Gasteiger partial charge in [-0.05, 0) is 24.6 Å². The van der Waals surface area contributed by atoms with E-state index in [0.717, 1.165) is 5.56 Å². The number of aryl methyl sites for hydroxylation is 1. The van der Waals surface area contributed by atoms with Crippen LogP contribution in [0.3, 0.4) is 0 Å². The number of hydrogen-bond acceptors (Lipinski definition) is 2. The third kappa shape index (κ3) is 4.04. The lowest BCUT2D eigenvalue weighted by Gasteiger charge is -2.12. The monoisotopic (exact) mass is 253 g/mol. The van der Waals surface area contributed by atoms with Gasteiger partial charge < -0.3 is 15.5 Å². The molecule has 0 aliphatic rings. The van der Waals surface area contributed by atoms with Crippen molar-refractivity contribution in [2.24, 2.45) is 0 Å². The molecule has 1 aromatic carbocycles. The minimum Gasteiger partial charge on any atom is -0.347 e. The van der Waals surface area contributed by atoms with Crippen molar-refractivity contribution in [2.75, 3.05) is 26.0 Å². The van der Waals surface area contributed by atoms with E-state index < -0.39 is 11.8 Å². The molecule has 1 rings (SSSR count). The van der Waals surface area contributed by atoms with Crippen LogP contribution in [0.5, 0.6) is 0 Å². The standard InChI is InChI=1S/C12H16FN3O2/c1-8-4-5-9(13)6-10(8)15-12(18)14-7-11(17)16(2)3/h4-6H,7H2,1-3H3,(H2,14,15,18). The van der Waals surface area contributed by atoms with Crippen LogP contribution in [0, 0.1) is 12.7 Å². The number of urea groups is 1. The van der Waals surface area contributed by atoms with Crippen molar-refractivity contribution < 1.29 is 14.0 Å². The first-order valence-electron chi connectivity index (χ1n) is 5.41. The Hall–Kier alpha value is -2.11. The van der Waals surface area contributed by atoms with Crippen LogP contribution in [0.15, 0.2) is 18.2 Å². The summed E-state index contributed by atoms with van der Waals surface area (Å²) in [7, 11) is 3.19. The molecule has 0 saturated carbocycles. The molecule has 0 radical (unpaired) electrons. The van der Waals surface area contributed by atoms with Crippen molar-refractivity contribution in [2.45, 2.75) is 6.92 Å². The van der Waals surface area contributed by atoms with Crippen LogP contribution in [0.25, 0.3) is 0 Å². The highest BCUT2D eigenvalue weighted by Crippen LogP contribution is 2.15. The Morgan fingerprint density at radius 2 is 2.00 bits per heavy atom. The number of likely N-dealkylation sites (N-methyl/N-ethyl adjacent to an activating group) is 1. The van der Waals surface area contributed by atoms with E-state index in [4.69, 9.17) is 0 Å². The minimum absolute atomic E-state index is 0.104. The third-order valence-corrected chi connectivity index (χ3v) is 2.35. The van der Waals surface area contributed by atoms with Crippen molar-refractivity contribution in [1.29, 1.82) is 0 Å². The second-order valence-corrected chi connectivity index (χ2v) is 4.06. The molecule has 0 bridgehead atoms. The molecule has 0 atom stereocenters. The Balaban J connectivity index is 2.55. The molecule has 0 spiro atoms. The number of nitrogens with zero attached hydrogens (tertiary/aromatic N) is 1. The first kappa shape index (κ1) is 14.0. The SMILES string of the molecule is Cc1ccc(F)cc1NC(=O)NCC(=O)N(C)C. The van der Waals surface area contributed by atoms with E-state index in [1.807, 2.05) is 0 Å². The quantitative estimate of drug-likeness (QED) is 0.854. The average molecular weight is 253 g/mol. The van der Waals surface area contributed by atoms with E-state index in [1.54, 1.807) is 27.1 Å². The van der Waals surface area contributed by atoms with Gasteiger partial charge in [0.25, 0.3) is 0 Å². The van der Waals surface area contributed by atoms with E-state index in [-0.39, 0.29) is 12.5 Å². The van der Waals surface area contributed by atoms with Gasteiger partial charge in [-0.25, -0.2) is 9.18 Å². The molecule has 0 heterocycles. The predicted octanol–water partition coefficient (Wildman–Crippen LogP) is 1.34. The summed E-state index contributed by atoms with van der Waals surface area (Å²) in [5.41, 5.74) is 1.12.